The van der Waals surface area contributed by atoms with Gasteiger partial charge < -0.3 is 14.6 Å². The predicted molar refractivity (Wildman–Crippen MR) is 128 cm³/mol. The Morgan fingerprint density at radius 3 is 2.88 bits per heavy atom. The Morgan fingerprint density at radius 2 is 2.21 bits per heavy atom. The van der Waals surface area contributed by atoms with Crippen LogP contribution in [0.15, 0.2) is 6.33 Å². The lowest BCUT2D eigenvalue weighted by Gasteiger charge is -2.30. The Kier molecular flexibility index (Phi) is 6.91. The molecule has 0 aliphatic carbocycles. The molecule has 4 rings (SSSR count). The summed E-state index contributed by atoms with van der Waals surface area (Å²) in [4.78, 5) is 25.5. The number of fused-ring (bicyclic) bond motifs is 2. The molecule has 11 nitrogen and oxygen atoms in total. The molecule has 0 aromatic carbocycles. The zero-order valence-electron chi connectivity index (χ0n) is 20.0. The van der Waals surface area contributed by atoms with E-state index in [0.29, 0.717) is 17.8 Å². The minimum Gasteiger partial charge on any atom is -0.476 e. The Balaban J connectivity index is 1.84. The van der Waals surface area contributed by atoms with Crippen LogP contribution in [0.5, 0.6) is 5.88 Å². The maximum absolute atomic E-state index is 12.3. The molecule has 0 bridgehead atoms. The first kappa shape index (κ1) is 24.9. The highest BCUT2D eigenvalue weighted by Crippen LogP contribution is 2.45. The standard InChI is InChI=1S/C21H29N5O6SSi/c1-7-29-18-14-16(23-20(25-18)24-17(27)12(2)3)26(11-22-14)19-21(28,8-9-34(4,5)6)15-13(31-19)10-30-33-32-15/h11-13,15,19,28H,7,10H2,1-6H3,(H,23,24,25,27)/t13-,15-,19-,21+/m1/s1. The molecule has 0 radical (unpaired) electrons. The van der Waals surface area contributed by atoms with Crippen LogP contribution in [0.3, 0.4) is 0 Å². The maximum Gasteiger partial charge on any atom is 0.247 e. The minimum absolute atomic E-state index is 0.0682. The first-order valence-electron chi connectivity index (χ1n) is 11.1. The molecule has 4 atom stereocenters. The van der Waals surface area contributed by atoms with Crippen molar-refractivity contribution in [3.05, 3.63) is 6.33 Å². The van der Waals surface area contributed by atoms with Gasteiger partial charge in [0.05, 0.1) is 19.5 Å². The number of aromatic nitrogens is 4. The molecule has 13 heteroatoms. The average molecular weight is 508 g/mol. The summed E-state index contributed by atoms with van der Waals surface area (Å²) in [5.41, 5.74) is 2.24. The highest BCUT2D eigenvalue weighted by Gasteiger charge is 2.59. The van der Waals surface area contributed by atoms with Crippen LogP contribution < -0.4 is 10.1 Å². The van der Waals surface area contributed by atoms with E-state index in [0.717, 1.165) is 12.3 Å². The fraction of sp³-hybridized carbons (Fsp3) is 0.619. The molecule has 2 fully saturated rings. The third-order valence-corrected chi connectivity index (χ3v) is 6.59. The van der Waals surface area contributed by atoms with Crippen LogP contribution in [0.1, 0.15) is 27.0 Å². The van der Waals surface area contributed by atoms with Crippen LogP contribution in [0.25, 0.3) is 11.2 Å². The molecule has 2 aliphatic heterocycles. The quantitative estimate of drug-likeness (QED) is 0.353. The van der Waals surface area contributed by atoms with Gasteiger partial charge in [0.2, 0.25) is 23.3 Å². The van der Waals surface area contributed by atoms with Crippen molar-refractivity contribution in [2.45, 2.75) is 64.4 Å². The van der Waals surface area contributed by atoms with Crippen molar-refractivity contribution in [3.63, 3.8) is 0 Å². The number of imidazole rings is 1. The smallest absolute Gasteiger partial charge is 0.247 e. The summed E-state index contributed by atoms with van der Waals surface area (Å²) in [6.45, 7) is 12.2. The van der Waals surface area contributed by atoms with Gasteiger partial charge in [0, 0.05) is 5.92 Å². The van der Waals surface area contributed by atoms with Crippen LogP contribution in [0, 0.1) is 17.4 Å². The summed E-state index contributed by atoms with van der Waals surface area (Å²) in [7, 11) is -1.84. The first-order chi connectivity index (χ1) is 16.0. The lowest BCUT2D eigenvalue weighted by atomic mass is 9.95. The third-order valence-electron chi connectivity index (χ3n) is 5.20. The molecule has 4 heterocycles. The Morgan fingerprint density at radius 1 is 1.44 bits per heavy atom. The fourth-order valence-corrected chi connectivity index (χ4v) is 4.68. The van der Waals surface area contributed by atoms with E-state index >= 15 is 0 Å². The number of rotatable bonds is 5. The highest BCUT2D eigenvalue weighted by atomic mass is 32.2. The van der Waals surface area contributed by atoms with Gasteiger partial charge >= 0.3 is 0 Å². The van der Waals surface area contributed by atoms with E-state index in [4.69, 9.17) is 17.8 Å². The lowest BCUT2D eigenvalue weighted by Crippen LogP contribution is -2.48. The van der Waals surface area contributed by atoms with Gasteiger partial charge in [-0.3, -0.25) is 23.0 Å². The number of hydrogen-bond donors (Lipinski definition) is 2. The van der Waals surface area contributed by atoms with Crippen molar-refractivity contribution in [2.75, 3.05) is 18.5 Å². The number of nitrogens with zero attached hydrogens (tertiary/aromatic N) is 4. The van der Waals surface area contributed by atoms with Crippen molar-refractivity contribution in [2.24, 2.45) is 5.92 Å². The average Bonchev–Trinajstić information content (AvgIpc) is 3.31. The fourth-order valence-electron chi connectivity index (χ4n) is 3.50. The molecule has 0 unspecified atom stereocenters. The molecule has 2 aromatic heterocycles. The summed E-state index contributed by atoms with van der Waals surface area (Å²) in [6, 6.07) is 0. The summed E-state index contributed by atoms with van der Waals surface area (Å²) in [5, 5.41) is 14.5. The Hall–Kier alpha value is -2.21. The third kappa shape index (κ3) is 4.79. The Labute approximate surface area is 203 Å². The van der Waals surface area contributed by atoms with Crippen LogP contribution in [-0.4, -0.2) is 69.6 Å². The maximum atomic E-state index is 12.3. The highest BCUT2D eigenvalue weighted by molar-refractivity contribution is 7.89. The monoisotopic (exact) mass is 507 g/mol. The van der Waals surface area contributed by atoms with Crippen LogP contribution >= 0.6 is 12.3 Å². The second-order valence-corrected chi connectivity index (χ2v) is 14.8. The summed E-state index contributed by atoms with van der Waals surface area (Å²) in [6.07, 6.45) is -0.784. The van der Waals surface area contributed by atoms with Gasteiger partial charge in [-0.25, -0.2) is 4.98 Å². The van der Waals surface area contributed by atoms with Gasteiger partial charge in [0.25, 0.3) is 0 Å². The van der Waals surface area contributed by atoms with Crippen molar-refractivity contribution in [3.8, 4) is 17.3 Å². The molecule has 34 heavy (non-hydrogen) atoms. The van der Waals surface area contributed by atoms with E-state index in [1.54, 1.807) is 18.4 Å². The molecule has 2 aliphatic rings. The number of nitrogens with one attached hydrogen (secondary N) is 1. The molecule has 1 amide bonds. The van der Waals surface area contributed by atoms with E-state index in [1.165, 1.54) is 6.33 Å². The van der Waals surface area contributed by atoms with Crippen molar-refractivity contribution in [1.29, 1.82) is 0 Å². The van der Waals surface area contributed by atoms with E-state index in [1.807, 2.05) is 6.92 Å². The molecule has 2 saturated heterocycles. The molecule has 0 saturated carbocycles. The van der Waals surface area contributed by atoms with Crippen molar-refractivity contribution in [1.82, 2.24) is 19.5 Å². The molecule has 2 N–H and O–H groups in total. The Bertz CT molecular complexity index is 1140. The first-order valence-corrected chi connectivity index (χ1v) is 15.3. The molecule has 2 aromatic rings. The number of amides is 1. The van der Waals surface area contributed by atoms with E-state index in [-0.39, 0.29) is 30.3 Å². The van der Waals surface area contributed by atoms with Gasteiger partial charge in [0.15, 0.2) is 29.7 Å². The number of aliphatic hydroxyl groups is 1. The van der Waals surface area contributed by atoms with Crippen molar-refractivity contribution < 1.29 is 27.7 Å². The topological polar surface area (TPSA) is 130 Å². The largest absolute Gasteiger partial charge is 0.476 e. The second-order valence-electron chi connectivity index (χ2n) is 9.48. The van der Waals surface area contributed by atoms with Gasteiger partial charge in [-0.1, -0.05) is 39.4 Å². The van der Waals surface area contributed by atoms with Gasteiger partial charge in [-0.2, -0.15) is 9.97 Å². The summed E-state index contributed by atoms with van der Waals surface area (Å²) in [5.74, 6) is 2.83. The van der Waals surface area contributed by atoms with Crippen LogP contribution in [0.4, 0.5) is 5.95 Å². The van der Waals surface area contributed by atoms with E-state index in [9.17, 15) is 9.90 Å². The number of hydrogen-bond acceptors (Lipinski definition) is 10. The van der Waals surface area contributed by atoms with Crippen LogP contribution in [-0.2, 0) is 17.9 Å². The minimum atomic E-state index is -1.84. The normalized spacial score (nSPS) is 26.8. The zero-order valence-corrected chi connectivity index (χ0v) is 21.8. The molecular weight excluding hydrogens is 478 g/mol. The van der Waals surface area contributed by atoms with Gasteiger partial charge in [0.1, 0.15) is 20.3 Å². The zero-order chi connectivity index (χ0) is 24.7. The molecular formula is C21H29N5O6SSi. The number of carbonyl (C=O) groups is 1. The molecule has 0 spiro atoms. The summed E-state index contributed by atoms with van der Waals surface area (Å²) >= 11 is 0.816. The van der Waals surface area contributed by atoms with Crippen molar-refractivity contribution >= 4 is 43.4 Å². The van der Waals surface area contributed by atoms with E-state index in [2.05, 4.69) is 51.4 Å². The lowest BCUT2D eigenvalue weighted by molar-refractivity contribution is -0.118. The summed E-state index contributed by atoms with van der Waals surface area (Å²) < 4.78 is 24.4. The van der Waals surface area contributed by atoms with Gasteiger partial charge in [-0.15, -0.1) is 5.54 Å². The number of carbonyl (C=O) groups excluding carboxylic acids is 1. The number of anilines is 1. The molecule has 184 valence electrons. The van der Waals surface area contributed by atoms with Crippen LogP contribution in [0.2, 0.25) is 19.6 Å². The second kappa shape index (κ2) is 9.44. The van der Waals surface area contributed by atoms with Gasteiger partial charge in [-0.05, 0) is 6.92 Å². The number of ether oxygens (including phenoxy) is 2. The SMILES string of the molecule is CCOc1nc(NC(=O)C(C)C)nc2c1ncn2[C@@H]1O[C@@H]2COSO[C@H]2[C@@]1(O)C#C[Si](C)(C)C. The predicted octanol–water partition coefficient (Wildman–Crippen LogP) is 2.31. The van der Waals surface area contributed by atoms with E-state index < -0.39 is 32.1 Å².